The molecule has 2 rings (SSSR count). The van der Waals surface area contributed by atoms with Crippen molar-refractivity contribution in [2.75, 3.05) is 26.7 Å². The lowest BCUT2D eigenvalue weighted by atomic mass is 9.87. The molecule has 1 fully saturated rings. The second-order valence-corrected chi connectivity index (χ2v) is 6.83. The van der Waals surface area contributed by atoms with Crippen molar-refractivity contribution in [1.82, 2.24) is 20.0 Å². The zero-order valence-corrected chi connectivity index (χ0v) is 15.2. The Bertz CT molecular complexity index is 464. The van der Waals surface area contributed by atoms with Crippen molar-refractivity contribution in [2.45, 2.75) is 46.6 Å². The van der Waals surface area contributed by atoms with Gasteiger partial charge in [0.25, 0.3) is 0 Å². The van der Waals surface area contributed by atoms with Crippen molar-refractivity contribution in [3.8, 4) is 0 Å². The Labute approximate surface area is 141 Å². The molecule has 2 heterocycles. The molecule has 130 valence electrons. The highest BCUT2D eigenvalue weighted by atomic mass is 15.3. The predicted octanol–water partition coefficient (Wildman–Crippen LogP) is 2.85. The third-order valence-corrected chi connectivity index (χ3v) is 5.12. The quantitative estimate of drug-likeness (QED) is 0.621. The molecule has 1 aliphatic rings. The van der Waals surface area contributed by atoms with E-state index in [0.29, 0.717) is 5.92 Å². The Hall–Kier alpha value is -1.52. The van der Waals surface area contributed by atoms with Gasteiger partial charge in [-0.3, -0.25) is 9.67 Å². The van der Waals surface area contributed by atoms with Crippen molar-refractivity contribution >= 4 is 5.96 Å². The topological polar surface area (TPSA) is 45.5 Å². The van der Waals surface area contributed by atoms with Crippen LogP contribution >= 0.6 is 0 Å². The summed E-state index contributed by atoms with van der Waals surface area (Å²) in [6.45, 7) is 11.0. The summed E-state index contributed by atoms with van der Waals surface area (Å²) in [6.07, 6.45) is 7.74. The summed E-state index contributed by atoms with van der Waals surface area (Å²) < 4.78 is 1.99. The van der Waals surface area contributed by atoms with Gasteiger partial charge >= 0.3 is 0 Å². The predicted molar refractivity (Wildman–Crippen MR) is 96.5 cm³/mol. The van der Waals surface area contributed by atoms with Gasteiger partial charge in [-0.25, -0.2) is 0 Å². The van der Waals surface area contributed by atoms with Crippen LogP contribution in [0.3, 0.4) is 0 Å². The molecular formula is C18H33N5. The maximum Gasteiger partial charge on any atom is 0.193 e. The zero-order chi connectivity index (χ0) is 16.7. The number of nitrogens with zero attached hydrogens (tertiary/aromatic N) is 4. The van der Waals surface area contributed by atoms with Crippen LogP contribution in [0.15, 0.2) is 23.5 Å². The number of aromatic nitrogens is 2. The summed E-state index contributed by atoms with van der Waals surface area (Å²) in [6, 6.07) is 1.97. The summed E-state index contributed by atoms with van der Waals surface area (Å²) in [5.41, 5.74) is 0. The second-order valence-electron chi connectivity index (χ2n) is 6.83. The molecule has 2 unspecified atom stereocenters. The first kappa shape index (κ1) is 17.8. The van der Waals surface area contributed by atoms with Crippen LogP contribution in [0.25, 0.3) is 0 Å². The molecule has 1 N–H and O–H groups in total. The van der Waals surface area contributed by atoms with E-state index in [2.05, 4.69) is 41.1 Å². The van der Waals surface area contributed by atoms with Crippen LogP contribution in [0.2, 0.25) is 0 Å². The Morgan fingerprint density at radius 3 is 2.78 bits per heavy atom. The Morgan fingerprint density at radius 2 is 2.17 bits per heavy atom. The molecule has 5 heteroatoms. The van der Waals surface area contributed by atoms with Gasteiger partial charge in [0, 0.05) is 45.6 Å². The van der Waals surface area contributed by atoms with E-state index >= 15 is 0 Å². The normalized spacial score (nSPS) is 20.3. The Kier molecular flexibility index (Phi) is 6.93. The lowest BCUT2D eigenvalue weighted by Crippen LogP contribution is -2.42. The van der Waals surface area contributed by atoms with E-state index in [1.165, 1.54) is 19.3 Å². The van der Waals surface area contributed by atoms with Crippen LogP contribution in [0.1, 0.15) is 40.0 Å². The average Bonchev–Trinajstić information content (AvgIpc) is 3.22. The maximum atomic E-state index is 4.49. The minimum absolute atomic E-state index is 0.518. The summed E-state index contributed by atoms with van der Waals surface area (Å²) in [5.74, 6) is 3.26. The molecule has 1 aromatic rings. The highest BCUT2D eigenvalue weighted by Gasteiger charge is 2.29. The van der Waals surface area contributed by atoms with Gasteiger partial charge in [-0.15, -0.1) is 0 Å². The zero-order valence-electron chi connectivity index (χ0n) is 15.2. The molecule has 5 nitrogen and oxygen atoms in total. The van der Waals surface area contributed by atoms with Crippen LogP contribution in [0.5, 0.6) is 0 Å². The Balaban J connectivity index is 1.79. The van der Waals surface area contributed by atoms with Crippen molar-refractivity contribution in [3.63, 3.8) is 0 Å². The van der Waals surface area contributed by atoms with Gasteiger partial charge in [0.2, 0.25) is 0 Å². The maximum absolute atomic E-state index is 4.49. The molecule has 0 radical (unpaired) electrons. The van der Waals surface area contributed by atoms with E-state index in [1.807, 2.05) is 30.2 Å². The van der Waals surface area contributed by atoms with Gasteiger partial charge in [-0.05, 0) is 30.2 Å². The number of nitrogens with one attached hydrogen (secondary N) is 1. The van der Waals surface area contributed by atoms with Crippen molar-refractivity contribution < 1.29 is 0 Å². The lowest BCUT2D eigenvalue weighted by molar-refractivity contribution is 0.318. The summed E-state index contributed by atoms with van der Waals surface area (Å²) in [7, 11) is 1.89. The van der Waals surface area contributed by atoms with Crippen molar-refractivity contribution in [3.05, 3.63) is 18.5 Å². The average molecular weight is 319 g/mol. The summed E-state index contributed by atoms with van der Waals surface area (Å²) in [4.78, 5) is 6.93. The molecular weight excluding hydrogens is 286 g/mol. The van der Waals surface area contributed by atoms with Crippen LogP contribution in [0, 0.1) is 17.8 Å². The standard InChI is InChI=1S/C18H33N5/c1-5-16(6-2)17-8-11-22(14-17)18(19-4)20-12-15(3)13-23-10-7-9-21-23/h7,9-10,15-17H,5-6,8,11-14H2,1-4H3,(H,19,20). The number of guanidine groups is 1. The highest BCUT2D eigenvalue weighted by molar-refractivity contribution is 5.80. The summed E-state index contributed by atoms with van der Waals surface area (Å²) in [5, 5.41) is 7.83. The molecule has 1 aliphatic heterocycles. The first-order chi connectivity index (χ1) is 11.2. The van der Waals surface area contributed by atoms with Crippen LogP contribution in [0.4, 0.5) is 0 Å². The van der Waals surface area contributed by atoms with Crippen molar-refractivity contribution in [2.24, 2.45) is 22.7 Å². The van der Waals surface area contributed by atoms with Gasteiger partial charge < -0.3 is 10.2 Å². The van der Waals surface area contributed by atoms with Gasteiger partial charge in [-0.2, -0.15) is 5.10 Å². The van der Waals surface area contributed by atoms with E-state index in [4.69, 9.17) is 0 Å². The van der Waals surface area contributed by atoms with E-state index in [0.717, 1.165) is 44.0 Å². The number of hydrogen-bond acceptors (Lipinski definition) is 2. The fourth-order valence-corrected chi connectivity index (χ4v) is 3.71. The van der Waals surface area contributed by atoms with E-state index in [1.54, 1.807) is 0 Å². The molecule has 0 saturated carbocycles. The number of hydrogen-bond donors (Lipinski definition) is 1. The molecule has 0 aromatic carbocycles. The van der Waals surface area contributed by atoms with Crippen LogP contribution in [-0.2, 0) is 6.54 Å². The molecule has 0 amide bonds. The molecule has 23 heavy (non-hydrogen) atoms. The first-order valence-corrected chi connectivity index (χ1v) is 9.10. The van der Waals surface area contributed by atoms with Crippen molar-refractivity contribution in [1.29, 1.82) is 0 Å². The number of likely N-dealkylation sites (tertiary alicyclic amines) is 1. The number of rotatable bonds is 7. The molecule has 1 saturated heterocycles. The van der Waals surface area contributed by atoms with Crippen LogP contribution < -0.4 is 5.32 Å². The minimum Gasteiger partial charge on any atom is -0.356 e. The second kappa shape index (κ2) is 8.94. The first-order valence-electron chi connectivity index (χ1n) is 9.10. The van der Waals surface area contributed by atoms with E-state index in [9.17, 15) is 0 Å². The lowest BCUT2D eigenvalue weighted by Gasteiger charge is -2.25. The van der Waals surface area contributed by atoms with Gasteiger partial charge in [0.05, 0.1) is 0 Å². The highest BCUT2D eigenvalue weighted by Crippen LogP contribution is 2.28. The third kappa shape index (κ3) is 4.98. The largest absolute Gasteiger partial charge is 0.356 e. The van der Waals surface area contributed by atoms with Gasteiger partial charge in [0.1, 0.15) is 0 Å². The summed E-state index contributed by atoms with van der Waals surface area (Å²) >= 11 is 0. The van der Waals surface area contributed by atoms with Crippen LogP contribution in [-0.4, -0.2) is 47.3 Å². The molecule has 1 aromatic heterocycles. The number of aliphatic imine (C=N–C) groups is 1. The molecule has 0 aliphatic carbocycles. The van der Waals surface area contributed by atoms with Gasteiger partial charge in [-0.1, -0.05) is 33.6 Å². The monoisotopic (exact) mass is 319 g/mol. The molecule has 0 bridgehead atoms. The minimum atomic E-state index is 0.518. The SMILES string of the molecule is CCC(CC)C1CCN(C(=NC)NCC(C)Cn2cccn2)C1. The fraction of sp³-hybridized carbons (Fsp3) is 0.778. The third-order valence-electron chi connectivity index (χ3n) is 5.12. The Morgan fingerprint density at radius 1 is 1.39 bits per heavy atom. The smallest absolute Gasteiger partial charge is 0.193 e. The molecule has 2 atom stereocenters. The fourth-order valence-electron chi connectivity index (χ4n) is 3.71. The molecule has 0 spiro atoms. The van der Waals surface area contributed by atoms with E-state index in [-0.39, 0.29) is 0 Å². The van der Waals surface area contributed by atoms with E-state index < -0.39 is 0 Å². The van der Waals surface area contributed by atoms with Gasteiger partial charge in [0.15, 0.2) is 5.96 Å².